The Bertz CT molecular complexity index is 315. The second kappa shape index (κ2) is 4.94. The summed E-state index contributed by atoms with van der Waals surface area (Å²) in [6.45, 7) is 1.30. The number of carbonyl (C=O) groups is 1. The lowest BCUT2D eigenvalue weighted by Crippen LogP contribution is -2.28. The summed E-state index contributed by atoms with van der Waals surface area (Å²) in [5, 5.41) is 0. The molecule has 0 bridgehead atoms. The number of carbonyl (C=O) groups excluding carboxylic acids is 1. The van der Waals surface area contributed by atoms with Gasteiger partial charge in [-0.1, -0.05) is 18.2 Å². The lowest BCUT2D eigenvalue weighted by molar-refractivity contribution is -0.0306. The lowest BCUT2D eigenvalue weighted by atomic mass is 10.1. The first-order valence-electron chi connectivity index (χ1n) is 5.20. The van der Waals surface area contributed by atoms with E-state index in [0.717, 1.165) is 19.4 Å². The molecule has 0 unspecified atom stereocenters. The van der Waals surface area contributed by atoms with Gasteiger partial charge in [0.1, 0.15) is 6.10 Å². The summed E-state index contributed by atoms with van der Waals surface area (Å²) in [5.74, 6) is -0.258. The SMILES string of the molecule is O=C(O[C@H]1CCCOC1)c1ccccc1. The molecule has 0 aliphatic carbocycles. The monoisotopic (exact) mass is 206 g/mol. The Morgan fingerprint density at radius 2 is 2.13 bits per heavy atom. The molecule has 1 aromatic rings. The average molecular weight is 206 g/mol. The minimum Gasteiger partial charge on any atom is -0.456 e. The molecule has 0 spiro atoms. The van der Waals surface area contributed by atoms with Gasteiger partial charge in [-0.3, -0.25) is 0 Å². The van der Waals surface area contributed by atoms with Crippen LogP contribution in [0.3, 0.4) is 0 Å². The zero-order valence-corrected chi connectivity index (χ0v) is 8.52. The first-order chi connectivity index (χ1) is 7.36. The quantitative estimate of drug-likeness (QED) is 0.694. The van der Waals surface area contributed by atoms with Crippen LogP contribution in [-0.4, -0.2) is 25.3 Å². The van der Waals surface area contributed by atoms with Crippen LogP contribution in [-0.2, 0) is 9.47 Å². The molecule has 3 nitrogen and oxygen atoms in total. The maximum Gasteiger partial charge on any atom is 0.338 e. The Kier molecular flexibility index (Phi) is 3.35. The third kappa shape index (κ3) is 2.80. The molecule has 1 atom stereocenters. The molecule has 1 aliphatic rings. The third-order valence-corrected chi connectivity index (χ3v) is 2.40. The first kappa shape index (κ1) is 10.2. The molecule has 0 aromatic heterocycles. The summed E-state index contributed by atoms with van der Waals surface area (Å²) in [6, 6.07) is 9.04. The van der Waals surface area contributed by atoms with Crippen LogP contribution < -0.4 is 0 Å². The molecule has 0 saturated carbocycles. The molecule has 0 radical (unpaired) electrons. The van der Waals surface area contributed by atoms with Crippen LogP contribution in [0.2, 0.25) is 0 Å². The van der Waals surface area contributed by atoms with Gasteiger partial charge >= 0.3 is 5.97 Å². The molecule has 80 valence electrons. The second-order valence-electron chi connectivity index (χ2n) is 3.61. The van der Waals surface area contributed by atoms with Gasteiger partial charge in [-0.25, -0.2) is 4.79 Å². The third-order valence-electron chi connectivity index (χ3n) is 2.40. The van der Waals surface area contributed by atoms with Crippen molar-refractivity contribution in [3.63, 3.8) is 0 Å². The smallest absolute Gasteiger partial charge is 0.338 e. The number of hydrogen-bond donors (Lipinski definition) is 0. The van der Waals surface area contributed by atoms with E-state index >= 15 is 0 Å². The van der Waals surface area contributed by atoms with Gasteiger partial charge < -0.3 is 9.47 Å². The molecule has 2 rings (SSSR count). The van der Waals surface area contributed by atoms with Crippen LogP contribution in [0.5, 0.6) is 0 Å². The summed E-state index contributed by atoms with van der Waals surface area (Å²) in [4.78, 5) is 11.6. The predicted molar refractivity (Wildman–Crippen MR) is 55.7 cm³/mol. The van der Waals surface area contributed by atoms with E-state index in [9.17, 15) is 4.79 Å². The van der Waals surface area contributed by atoms with Crippen molar-refractivity contribution in [1.29, 1.82) is 0 Å². The predicted octanol–water partition coefficient (Wildman–Crippen LogP) is 2.02. The van der Waals surface area contributed by atoms with Gasteiger partial charge in [0.15, 0.2) is 0 Å². The van der Waals surface area contributed by atoms with E-state index in [0.29, 0.717) is 12.2 Å². The summed E-state index contributed by atoms with van der Waals surface area (Å²) in [7, 11) is 0. The Morgan fingerprint density at radius 3 is 2.80 bits per heavy atom. The summed E-state index contributed by atoms with van der Waals surface area (Å²) in [5.41, 5.74) is 0.600. The minimum absolute atomic E-state index is 0.0774. The van der Waals surface area contributed by atoms with Gasteiger partial charge in [0.25, 0.3) is 0 Å². The maximum atomic E-state index is 11.6. The van der Waals surface area contributed by atoms with Crippen LogP contribution in [0.15, 0.2) is 30.3 Å². The van der Waals surface area contributed by atoms with Crippen LogP contribution in [0.1, 0.15) is 23.2 Å². The number of hydrogen-bond acceptors (Lipinski definition) is 3. The van der Waals surface area contributed by atoms with Gasteiger partial charge in [0, 0.05) is 6.61 Å². The molecule has 0 amide bonds. The molecule has 1 saturated heterocycles. The number of benzene rings is 1. The fourth-order valence-corrected chi connectivity index (χ4v) is 1.60. The standard InChI is InChI=1S/C12H14O3/c13-12(10-5-2-1-3-6-10)15-11-7-4-8-14-9-11/h1-3,5-6,11H,4,7-9H2/t11-/m0/s1. The summed E-state index contributed by atoms with van der Waals surface area (Å²) >= 11 is 0. The van der Waals surface area contributed by atoms with Crippen molar-refractivity contribution in [2.75, 3.05) is 13.2 Å². The Hall–Kier alpha value is -1.35. The highest BCUT2D eigenvalue weighted by Crippen LogP contribution is 2.12. The van der Waals surface area contributed by atoms with Crippen LogP contribution >= 0.6 is 0 Å². The van der Waals surface area contributed by atoms with Crippen molar-refractivity contribution >= 4 is 5.97 Å². The number of rotatable bonds is 2. The van der Waals surface area contributed by atoms with Gasteiger partial charge in [-0.05, 0) is 25.0 Å². The Labute approximate surface area is 89.0 Å². The summed E-state index contributed by atoms with van der Waals surface area (Å²) < 4.78 is 10.6. The first-order valence-corrected chi connectivity index (χ1v) is 5.20. The lowest BCUT2D eigenvalue weighted by Gasteiger charge is -2.22. The van der Waals surface area contributed by atoms with E-state index < -0.39 is 0 Å². The van der Waals surface area contributed by atoms with Gasteiger partial charge in [-0.15, -0.1) is 0 Å². The van der Waals surface area contributed by atoms with E-state index in [2.05, 4.69) is 0 Å². The van der Waals surface area contributed by atoms with Crippen molar-refractivity contribution in [2.24, 2.45) is 0 Å². The zero-order chi connectivity index (χ0) is 10.5. The fourth-order valence-electron chi connectivity index (χ4n) is 1.60. The second-order valence-corrected chi connectivity index (χ2v) is 3.61. The van der Waals surface area contributed by atoms with E-state index in [4.69, 9.17) is 9.47 Å². The van der Waals surface area contributed by atoms with Crippen molar-refractivity contribution in [2.45, 2.75) is 18.9 Å². The van der Waals surface area contributed by atoms with E-state index in [-0.39, 0.29) is 12.1 Å². The van der Waals surface area contributed by atoms with Crippen molar-refractivity contribution in [1.82, 2.24) is 0 Å². The Morgan fingerprint density at radius 1 is 1.33 bits per heavy atom. The van der Waals surface area contributed by atoms with Crippen molar-refractivity contribution in [3.8, 4) is 0 Å². The van der Waals surface area contributed by atoms with E-state index in [1.54, 1.807) is 12.1 Å². The zero-order valence-electron chi connectivity index (χ0n) is 8.52. The average Bonchev–Trinajstić information content (AvgIpc) is 2.31. The topological polar surface area (TPSA) is 35.5 Å². The molecule has 15 heavy (non-hydrogen) atoms. The van der Waals surface area contributed by atoms with Crippen molar-refractivity contribution in [3.05, 3.63) is 35.9 Å². The molecule has 1 aliphatic heterocycles. The van der Waals surface area contributed by atoms with E-state index in [1.165, 1.54) is 0 Å². The molecular formula is C12H14O3. The molecule has 3 heteroatoms. The van der Waals surface area contributed by atoms with Crippen LogP contribution in [0, 0.1) is 0 Å². The molecule has 1 aromatic carbocycles. The molecular weight excluding hydrogens is 192 g/mol. The highest BCUT2D eigenvalue weighted by molar-refractivity contribution is 5.89. The van der Waals surface area contributed by atoms with Gasteiger partial charge in [-0.2, -0.15) is 0 Å². The largest absolute Gasteiger partial charge is 0.456 e. The van der Waals surface area contributed by atoms with Crippen LogP contribution in [0.4, 0.5) is 0 Å². The fraction of sp³-hybridized carbons (Fsp3) is 0.417. The minimum atomic E-state index is -0.258. The molecule has 1 heterocycles. The molecule has 0 N–H and O–H groups in total. The molecule has 1 fully saturated rings. The normalized spacial score (nSPS) is 20.9. The summed E-state index contributed by atoms with van der Waals surface area (Å²) in [6.07, 6.45) is 1.79. The van der Waals surface area contributed by atoms with Gasteiger partial charge in [0.05, 0.1) is 12.2 Å². The van der Waals surface area contributed by atoms with E-state index in [1.807, 2.05) is 18.2 Å². The number of ether oxygens (including phenoxy) is 2. The van der Waals surface area contributed by atoms with Gasteiger partial charge in [0.2, 0.25) is 0 Å². The maximum absolute atomic E-state index is 11.6. The number of esters is 1. The van der Waals surface area contributed by atoms with Crippen molar-refractivity contribution < 1.29 is 14.3 Å². The highest BCUT2D eigenvalue weighted by atomic mass is 16.6. The highest BCUT2D eigenvalue weighted by Gasteiger charge is 2.18. The van der Waals surface area contributed by atoms with Crippen LogP contribution in [0.25, 0.3) is 0 Å². The Balaban J connectivity index is 1.91.